The van der Waals surface area contributed by atoms with E-state index in [0.29, 0.717) is 114 Å². The number of carbonyl (C=O) groups is 1. The molecule has 4 N–H and O–H groups in total. The highest BCUT2D eigenvalue weighted by Gasteiger charge is 2.54. The minimum absolute atomic E-state index is 0.0280. The smallest absolute Gasteiger partial charge is 0.338 e. The number of amidine groups is 1. The molecule has 1 saturated carbocycles. The van der Waals surface area contributed by atoms with Crippen LogP contribution < -0.4 is 22.0 Å². The summed E-state index contributed by atoms with van der Waals surface area (Å²) < 4.78 is 45.8. The molecule has 3 aromatic heterocycles. The molecule has 5 heterocycles. The fourth-order valence-electron chi connectivity index (χ4n) is 9.93. The number of hydrogen-bond donors (Lipinski definition) is 3. The summed E-state index contributed by atoms with van der Waals surface area (Å²) in [6.45, 7) is 10.8. The second kappa shape index (κ2) is 16.0. The standard InChI is InChI=1S/C47H54FN8O6P/c1-7-63(60,8-2)38-12-10-32(26-36(38)50-6)54-19-20-55(46(54)58)43-39-29(5)53(18-13-35(39)51-56(43)33-23-27(3)41(48)28(4)24-33)44(57)42-40(47(16-17-47)45(49)52-59)34-11-9-31(25-37(34)62-42)30-14-21-61-22-15-30/h9-12,19-20,23-26,29-30,50,59H,7-8,13-18,21-22H2,1-6H3,(H2,49,52)/t29-/m0/s1. The van der Waals surface area contributed by atoms with Gasteiger partial charge in [0, 0.05) is 85.4 Å². The highest BCUT2D eigenvalue weighted by atomic mass is 31.2. The van der Waals surface area contributed by atoms with Gasteiger partial charge in [0.2, 0.25) is 0 Å². The van der Waals surface area contributed by atoms with Crippen LogP contribution in [0.15, 0.2) is 75.3 Å². The Morgan fingerprint density at radius 2 is 1.73 bits per heavy atom. The molecule has 3 aromatic carbocycles. The van der Waals surface area contributed by atoms with Crippen LogP contribution in [0.1, 0.15) is 102 Å². The maximum atomic E-state index is 15.2. The summed E-state index contributed by atoms with van der Waals surface area (Å²) in [6, 6.07) is 14.3. The molecule has 0 radical (unpaired) electrons. The summed E-state index contributed by atoms with van der Waals surface area (Å²) >= 11 is 0. The van der Waals surface area contributed by atoms with Crippen LogP contribution in [0.4, 0.5) is 10.1 Å². The maximum absolute atomic E-state index is 15.2. The number of nitrogens with zero attached hydrogens (tertiary/aromatic N) is 6. The topological polar surface area (TPSA) is 175 Å². The van der Waals surface area contributed by atoms with E-state index in [4.69, 9.17) is 20.0 Å². The first-order valence-electron chi connectivity index (χ1n) is 21.8. The number of nitrogens with two attached hydrogens (primary N) is 1. The van der Waals surface area contributed by atoms with Gasteiger partial charge in [-0.15, -0.1) is 0 Å². The third-order valence-electron chi connectivity index (χ3n) is 13.8. The van der Waals surface area contributed by atoms with Gasteiger partial charge in [-0.1, -0.05) is 31.1 Å². The monoisotopic (exact) mass is 876 g/mol. The average Bonchev–Trinajstić information content (AvgIpc) is 3.66. The van der Waals surface area contributed by atoms with Gasteiger partial charge in [0.25, 0.3) is 5.91 Å². The summed E-state index contributed by atoms with van der Waals surface area (Å²) in [5, 5.41) is 23.1. The zero-order valence-corrected chi connectivity index (χ0v) is 37.5. The number of imidazole rings is 1. The molecule has 2 aliphatic heterocycles. The quantitative estimate of drug-likeness (QED) is 0.0386. The number of aryl methyl sites for hydroxylation is 2. The Morgan fingerprint density at radius 1 is 1.03 bits per heavy atom. The van der Waals surface area contributed by atoms with E-state index in [1.54, 1.807) is 61.1 Å². The Kier molecular flexibility index (Phi) is 10.8. The van der Waals surface area contributed by atoms with Crippen LogP contribution in [0.3, 0.4) is 0 Å². The summed E-state index contributed by atoms with van der Waals surface area (Å²) in [4.78, 5) is 31.7. The van der Waals surface area contributed by atoms with E-state index in [9.17, 15) is 14.6 Å². The van der Waals surface area contributed by atoms with Crippen molar-refractivity contribution in [2.24, 2.45) is 10.9 Å². The molecule has 16 heteroatoms. The molecule has 3 aliphatic rings. The minimum atomic E-state index is -2.65. The van der Waals surface area contributed by atoms with E-state index in [1.165, 1.54) is 9.13 Å². The first-order chi connectivity index (χ1) is 30.3. The van der Waals surface area contributed by atoms with Crippen molar-refractivity contribution in [1.82, 2.24) is 23.8 Å². The summed E-state index contributed by atoms with van der Waals surface area (Å²) in [5.74, 6) is 0.180. The van der Waals surface area contributed by atoms with Gasteiger partial charge in [-0.25, -0.2) is 13.9 Å². The fourth-order valence-corrected chi connectivity index (χ4v) is 12.0. The van der Waals surface area contributed by atoms with Crippen LogP contribution in [-0.4, -0.2) is 79.9 Å². The van der Waals surface area contributed by atoms with Crippen molar-refractivity contribution in [3.8, 4) is 17.2 Å². The van der Waals surface area contributed by atoms with E-state index in [1.807, 2.05) is 45.0 Å². The molecule has 9 rings (SSSR count). The van der Waals surface area contributed by atoms with E-state index in [0.717, 1.165) is 29.1 Å². The molecular formula is C47H54FN8O6P. The Balaban J connectivity index is 1.17. The number of hydrogen-bond acceptors (Lipinski definition) is 9. The number of furan rings is 1. The Hall–Kier alpha value is -5.92. The highest BCUT2D eigenvalue weighted by molar-refractivity contribution is 7.71. The largest absolute Gasteiger partial charge is 0.451 e. The number of oxime groups is 1. The van der Waals surface area contributed by atoms with Crippen LogP contribution in [0, 0.1) is 19.7 Å². The molecule has 0 unspecified atom stereocenters. The molecule has 14 nitrogen and oxygen atoms in total. The van der Waals surface area contributed by atoms with Crippen molar-refractivity contribution < 1.29 is 28.1 Å². The van der Waals surface area contributed by atoms with Gasteiger partial charge in [-0.3, -0.25) is 13.9 Å². The van der Waals surface area contributed by atoms with Gasteiger partial charge in [-0.2, -0.15) is 5.10 Å². The van der Waals surface area contributed by atoms with Crippen LogP contribution >= 0.6 is 7.14 Å². The highest BCUT2D eigenvalue weighted by Crippen LogP contribution is 2.54. The molecule has 1 atom stereocenters. The van der Waals surface area contributed by atoms with E-state index >= 15 is 9.18 Å². The number of halogens is 1. The molecule has 0 bridgehead atoms. The second-order valence-corrected chi connectivity index (χ2v) is 20.7. The number of benzene rings is 3. The van der Waals surface area contributed by atoms with Gasteiger partial charge < -0.3 is 34.9 Å². The van der Waals surface area contributed by atoms with Crippen LogP contribution in [0.25, 0.3) is 28.2 Å². The lowest BCUT2D eigenvalue weighted by atomic mass is 9.88. The van der Waals surface area contributed by atoms with E-state index in [2.05, 4.69) is 16.5 Å². The summed E-state index contributed by atoms with van der Waals surface area (Å²) in [5.41, 5.74) is 11.4. The van der Waals surface area contributed by atoms with Crippen molar-refractivity contribution in [1.29, 1.82) is 0 Å². The van der Waals surface area contributed by atoms with Gasteiger partial charge >= 0.3 is 5.69 Å². The zero-order chi connectivity index (χ0) is 44.5. The number of ether oxygens (including phenoxy) is 1. The number of aromatic nitrogens is 4. The molecule has 1 aliphatic carbocycles. The molecular weight excluding hydrogens is 823 g/mol. The predicted octanol–water partition coefficient (Wildman–Crippen LogP) is 7.82. The molecule has 6 aromatic rings. The lowest BCUT2D eigenvalue weighted by molar-refractivity contribution is 0.0644. The number of nitrogens with one attached hydrogen (secondary N) is 1. The lowest BCUT2D eigenvalue weighted by Gasteiger charge is -2.33. The normalized spacial score (nSPS) is 17.9. The first kappa shape index (κ1) is 42.4. The Morgan fingerprint density at radius 3 is 2.38 bits per heavy atom. The number of fused-ring (bicyclic) bond motifs is 2. The van der Waals surface area contributed by atoms with Crippen molar-refractivity contribution in [3.05, 3.63) is 116 Å². The lowest BCUT2D eigenvalue weighted by Crippen LogP contribution is -2.40. The molecule has 2 fully saturated rings. The van der Waals surface area contributed by atoms with Gasteiger partial charge in [0.15, 0.2) is 5.76 Å². The van der Waals surface area contributed by atoms with Gasteiger partial charge in [0.1, 0.15) is 30.2 Å². The third-order valence-corrected chi connectivity index (χ3v) is 17.1. The number of amides is 1. The summed E-state index contributed by atoms with van der Waals surface area (Å²) in [6.07, 6.45) is 7.68. The molecule has 1 saturated heterocycles. The van der Waals surface area contributed by atoms with Crippen molar-refractivity contribution in [2.75, 3.05) is 44.4 Å². The van der Waals surface area contributed by atoms with Crippen molar-refractivity contribution in [2.45, 2.75) is 84.1 Å². The van der Waals surface area contributed by atoms with Crippen LogP contribution in [-0.2, 0) is 21.1 Å². The van der Waals surface area contributed by atoms with Crippen molar-refractivity contribution in [3.63, 3.8) is 0 Å². The summed E-state index contributed by atoms with van der Waals surface area (Å²) in [7, 11) is -0.873. The number of carbonyl (C=O) groups excluding carboxylic acids is 1. The SMILES string of the molecule is CCP(=O)(CC)c1ccc(-n2ccn(-c3c4c(nn3-c3cc(C)c(F)c(C)c3)CCN(C(=O)c3oc5cc(C6CCOCC6)ccc5c3C3(/C(N)=N/O)CC3)[C@H]4C)c2=O)cc1NC. The molecule has 1 amide bonds. The predicted molar refractivity (Wildman–Crippen MR) is 242 cm³/mol. The molecule has 0 spiro atoms. The van der Waals surface area contributed by atoms with Crippen LogP contribution in [0.5, 0.6) is 0 Å². The molecule has 330 valence electrons. The van der Waals surface area contributed by atoms with Crippen LogP contribution in [0.2, 0.25) is 0 Å². The number of anilines is 1. The Labute approximate surface area is 364 Å². The third kappa shape index (κ3) is 6.82. The first-order valence-corrected chi connectivity index (χ1v) is 23.9. The zero-order valence-electron chi connectivity index (χ0n) is 36.6. The average molecular weight is 877 g/mol. The minimum Gasteiger partial charge on any atom is -0.451 e. The van der Waals surface area contributed by atoms with Gasteiger partial charge in [-0.05, 0) is 105 Å². The number of rotatable bonds is 11. The van der Waals surface area contributed by atoms with E-state index < -0.39 is 24.3 Å². The molecule has 63 heavy (non-hydrogen) atoms. The maximum Gasteiger partial charge on any atom is 0.338 e. The van der Waals surface area contributed by atoms with E-state index in [-0.39, 0.29) is 23.3 Å². The van der Waals surface area contributed by atoms with Crippen molar-refractivity contribution >= 4 is 40.8 Å². The second-order valence-electron chi connectivity index (χ2n) is 17.2. The van der Waals surface area contributed by atoms with Gasteiger partial charge in [0.05, 0.1) is 28.5 Å². The Bertz CT molecular complexity index is 2900. The fraction of sp³-hybridized carbons (Fsp3) is 0.404.